The van der Waals surface area contributed by atoms with Gasteiger partial charge in [0.2, 0.25) is 0 Å². The Morgan fingerprint density at radius 3 is 2.84 bits per heavy atom. The number of hydrogen-bond donors (Lipinski definition) is 1. The number of carbonyl (C=O) groups is 1. The highest BCUT2D eigenvalue weighted by molar-refractivity contribution is 14.1. The number of ether oxygens (including phenoxy) is 1. The molecule has 134 valence electrons. The van der Waals surface area contributed by atoms with Crippen LogP contribution in [-0.4, -0.2) is 44.6 Å². The minimum absolute atomic E-state index is 0.184. The van der Waals surface area contributed by atoms with Crippen molar-refractivity contribution in [3.05, 3.63) is 21.8 Å². The molecule has 7 heteroatoms. The van der Waals surface area contributed by atoms with Crippen LogP contribution < -0.4 is 0 Å². The van der Waals surface area contributed by atoms with Gasteiger partial charge in [-0.05, 0) is 62.1 Å². The molecule has 1 saturated carbocycles. The quantitative estimate of drug-likeness (QED) is 0.702. The van der Waals surface area contributed by atoms with Crippen LogP contribution >= 0.6 is 22.6 Å². The van der Waals surface area contributed by atoms with E-state index >= 15 is 0 Å². The number of aromatic nitrogens is 3. The molecule has 1 aliphatic carbocycles. The van der Waals surface area contributed by atoms with Crippen molar-refractivity contribution >= 4 is 39.7 Å². The lowest BCUT2D eigenvalue weighted by Crippen LogP contribution is -2.64. The molecule has 4 rings (SSSR count). The number of amides is 1. The maximum atomic E-state index is 12.0. The first-order chi connectivity index (χ1) is 11.7. The van der Waals surface area contributed by atoms with Crippen LogP contribution in [0.5, 0.6) is 0 Å². The molecule has 0 atom stereocenters. The van der Waals surface area contributed by atoms with Gasteiger partial charge in [-0.2, -0.15) is 0 Å². The van der Waals surface area contributed by atoms with Crippen LogP contribution in [0.15, 0.2) is 12.4 Å². The Bertz CT molecular complexity index is 812. The Labute approximate surface area is 160 Å². The number of aromatic amines is 1. The molecule has 0 unspecified atom stereocenters. The third-order valence-corrected chi connectivity index (χ3v) is 5.94. The van der Waals surface area contributed by atoms with E-state index in [0.29, 0.717) is 11.3 Å². The zero-order valence-electron chi connectivity index (χ0n) is 14.8. The van der Waals surface area contributed by atoms with E-state index in [1.807, 2.05) is 38.1 Å². The molecule has 1 saturated heterocycles. The fourth-order valence-corrected chi connectivity index (χ4v) is 4.61. The van der Waals surface area contributed by atoms with Gasteiger partial charge in [-0.3, -0.25) is 0 Å². The lowest BCUT2D eigenvalue weighted by atomic mass is 9.57. The largest absolute Gasteiger partial charge is 0.444 e. The molecule has 2 aromatic rings. The van der Waals surface area contributed by atoms with Crippen LogP contribution in [0.25, 0.3) is 11.0 Å². The lowest BCUT2D eigenvalue weighted by Gasteiger charge is -2.58. The zero-order chi connectivity index (χ0) is 17.8. The summed E-state index contributed by atoms with van der Waals surface area (Å²) in [6.45, 7) is 7.37. The van der Waals surface area contributed by atoms with Gasteiger partial charge in [0, 0.05) is 40.9 Å². The molecule has 0 bridgehead atoms. The maximum Gasteiger partial charge on any atom is 0.410 e. The van der Waals surface area contributed by atoms with E-state index in [1.165, 1.54) is 0 Å². The van der Waals surface area contributed by atoms with Gasteiger partial charge in [-0.25, -0.2) is 14.8 Å². The van der Waals surface area contributed by atoms with Gasteiger partial charge in [0.25, 0.3) is 0 Å². The number of rotatable bonds is 2. The van der Waals surface area contributed by atoms with Gasteiger partial charge >= 0.3 is 6.09 Å². The Balaban J connectivity index is 1.29. The second-order valence-electron chi connectivity index (χ2n) is 8.50. The van der Waals surface area contributed by atoms with Crippen molar-refractivity contribution in [2.45, 2.75) is 45.6 Å². The highest BCUT2D eigenvalue weighted by atomic mass is 127. The summed E-state index contributed by atoms with van der Waals surface area (Å²) in [4.78, 5) is 26.2. The molecular formula is C18H23IN4O2. The minimum Gasteiger partial charge on any atom is -0.444 e. The summed E-state index contributed by atoms with van der Waals surface area (Å²) in [5.41, 5.74) is 0.810. The first-order valence-electron chi connectivity index (χ1n) is 8.69. The number of nitrogens with one attached hydrogen (secondary N) is 1. The summed E-state index contributed by atoms with van der Waals surface area (Å²) in [5, 5.41) is 1.08. The topological polar surface area (TPSA) is 71.1 Å². The summed E-state index contributed by atoms with van der Waals surface area (Å²) in [6, 6.07) is 0. The molecule has 1 aliphatic heterocycles. The van der Waals surface area contributed by atoms with Crippen LogP contribution in [0.2, 0.25) is 0 Å². The zero-order valence-corrected chi connectivity index (χ0v) is 17.0. The van der Waals surface area contributed by atoms with E-state index in [0.717, 1.165) is 52.8 Å². The van der Waals surface area contributed by atoms with Gasteiger partial charge < -0.3 is 14.6 Å². The Kier molecular flexibility index (Phi) is 3.97. The fourth-order valence-electron chi connectivity index (χ4n) is 4.06. The standard InChI is InChI=1S/C18H23IN4O2/c1-17(2,3)25-16(24)23-9-18(10-23)5-11(6-18)4-14-20-7-12-13(19)8-21-15(12)22-14/h7-8,11H,4-6,9-10H2,1-3H3,(H,20,21,22). The average molecular weight is 454 g/mol. The number of hydrogen-bond acceptors (Lipinski definition) is 4. The summed E-state index contributed by atoms with van der Waals surface area (Å²) >= 11 is 2.29. The lowest BCUT2D eigenvalue weighted by molar-refractivity contribution is -0.0950. The van der Waals surface area contributed by atoms with Crippen molar-refractivity contribution in [1.82, 2.24) is 19.9 Å². The first kappa shape index (κ1) is 17.1. The second kappa shape index (κ2) is 5.82. The Morgan fingerprint density at radius 1 is 1.44 bits per heavy atom. The molecular weight excluding hydrogens is 431 g/mol. The van der Waals surface area contributed by atoms with E-state index in [-0.39, 0.29) is 6.09 Å². The van der Waals surface area contributed by atoms with Crippen molar-refractivity contribution in [2.75, 3.05) is 13.1 Å². The van der Waals surface area contributed by atoms with Crippen LogP contribution in [0.3, 0.4) is 0 Å². The van der Waals surface area contributed by atoms with Crippen molar-refractivity contribution in [3.63, 3.8) is 0 Å². The van der Waals surface area contributed by atoms with Crippen molar-refractivity contribution in [1.29, 1.82) is 0 Å². The van der Waals surface area contributed by atoms with Crippen LogP contribution in [-0.2, 0) is 11.2 Å². The normalized spacial score (nSPS) is 19.8. The molecule has 6 nitrogen and oxygen atoms in total. The van der Waals surface area contributed by atoms with Gasteiger partial charge in [-0.15, -0.1) is 0 Å². The Morgan fingerprint density at radius 2 is 2.16 bits per heavy atom. The third kappa shape index (κ3) is 3.35. The number of H-pyrrole nitrogens is 1. The highest BCUT2D eigenvalue weighted by Crippen LogP contribution is 2.52. The molecule has 1 amide bonds. The van der Waals surface area contributed by atoms with E-state index in [2.05, 4.69) is 37.5 Å². The van der Waals surface area contributed by atoms with Crippen molar-refractivity contribution < 1.29 is 9.53 Å². The number of halogens is 1. The monoisotopic (exact) mass is 454 g/mol. The number of carbonyl (C=O) groups excluding carboxylic acids is 1. The number of fused-ring (bicyclic) bond motifs is 1. The van der Waals surface area contributed by atoms with E-state index in [9.17, 15) is 4.79 Å². The molecule has 1 N–H and O–H groups in total. The smallest absolute Gasteiger partial charge is 0.410 e. The molecule has 0 radical (unpaired) electrons. The average Bonchev–Trinajstić information content (AvgIpc) is 2.79. The molecule has 2 fully saturated rings. The summed E-state index contributed by atoms with van der Waals surface area (Å²) < 4.78 is 6.58. The molecule has 3 heterocycles. The summed E-state index contributed by atoms with van der Waals surface area (Å²) in [7, 11) is 0. The van der Waals surface area contributed by atoms with Gasteiger partial charge in [0.05, 0.1) is 5.39 Å². The van der Waals surface area contributed by atoms with Crippen molar-refractivity contribution in [3.8, 4) is 0 Å². The minimum atomic E-state index is -0.423. The molecule has 2 aliphatic rings. The number of likely N-dealkylation sites (tertiary alicyclic amines) is 1. The van der Waals surface area contributed by atoms with Crippen LogP contribution in [0, 0.1) is 14.9 Å². The van der Waals surface area contributed by atoms with E-state index in [4.69, 9.17) is 4.74 Å². The van der Waals surface area contributed by atoms with Gasteiger partial charge in [-0.1, -0.05) is 0 Å². The molecule has 2 aromatic heterocycles. The Hall–Kier alpha value is -1.38. The highest BCUT2D eigenvalue weighted by Gasteiger charge is 2.54. The molecule has 0 aromatic carbocycles. The summed E-state index contributed by atoms with van der Waals surface area (Å²) in [5.74, 6) is 1.53. The molecule has 1 spiro atoms. The van der Waals surface area contributed by atoms with E-state index < -0.39 is 5.60 Å². The molecule has 25 heavy (non-hydrogen) atoms. The van der Waals surface area contributed by atoms with Gasteiger partial charge in [0.1, 0.15) is 17.1 Å². The predicted octanol–water partition coefficient (Wildman–Crippen LogP) is 3.75. The van der Waals surface area contributed by atoms with Crippen LogP contribution in [0.1, 0.15) is 39.4 Å². The SMILES string of the molecule is CC(C)(C)OC(=O)N1CC2(CC(Cc3ncc4c(I)c[nH]c4n3)C2)C1. The van der Waals surface area contributed by atoms with Crippen molar-refractivity contribution in [2.24, 2.45) is 11.3 Å². The third-order valence-electron chi connectivity index (χ3n) is 5.05. The number of nitrogens with zero attached hydrogens (tertiary/aromatic N) is 3. The fraction of sp³-hybridized carbons (Fsp3) is 0.611. The summed E-state index contributed by atoms with van der Waals surface area (Å²) in [6.07, 6.45) is 6.90. The van der Waals surface area contributed by atoms with Crippen LogP contribution in [0.4, 0.5) is 4.79 Å². The van der Waals surface area contributed by atoms with Gasteiger partial charge in [0.15, 0.2) is 0 Å². The predicted molar refractivity (Wildman–Crippen MR) is 103 cm³/mol. The second-order valence-corrected chi connectivity index (χ2v) is 9.66. The first-order valence-corrected chi connectivity index (χ1v) is 9.77. The maximum absolute atomic E-state index is 12.0. The van der Waals surface area contributed by atoms with E-state index in [1.54, 1.807) is 0 Å².